The summed E-state index contributed by atoms with van der Waals surface area (Å²) in [6.45, 7) is 4.88. The van der Waals surface area contributed by atoms with E-state index in [0.717, 1.165) is 56.5 Å². The molecule has 1 N–H and O–H groups in total. The van der Waals surface area contributed by atoms with Gasteiger partial charge in [-0.05, 0) is 98.0 Å². The number of pyridine rings is 2. The van der Waals surface area contributed by atoms with Crippen LogP contribution in [-0.4, -0.2) is 63.5 Å². The molecule has 2 amide bonds. The van der Waals surface area contributed by atoms with Gasteiger partial charge >= 0.3 is 0 Å². The summed E-state index contributed by atoms with van der Waals surface area (Å²) >= 11 is 0. The topological polar surface area (TPSA) is 87.5 Å². The van der Waals surface area contributed by atoms with Gasteiger partial charge in [-0.2, -0.15) is 0 Å². The second-order valence-corrected chi connectivity index (χ2v) is 13.1. The van der Waals surface area contributed by atoms with Crippen LogP contribution in [0.3, 0.4) is 0 Å². The first kappa shape index (κ1) is 28.8. The predicted molar refractivity (Wildman–Crippen MR) is 163 cm³/mol. The van der Waals surface area contributed by atoms with Crippen molar-refractivity contribution in [2.75, 3.05) is 31.5 Å². The van der Waals surface area contributed by atoms with Gasteiger partial charge in [0, 0.05) is 36.9 Å². The number of halogens is 2. The predicted octanol–water partition coefficient (Wildman–Crippen LogP) is 5.54. The molecule has 2 aromatic heterocycles. The number of hydrogen-bond acceptors (Lipinski definition) is 5. The van der Waals surface area contributed by atoms with E-state index in [1.807, 2.05) is 12.3 Å². The zero-order valence-corrected chi connectivity index (χ0v) is 24.9. The second kappa shape index (κ2) is 11.5. The lowest BCUT2D eigenvalue weighted by Gasteiger charge is -2.34. The van der Waals surface area contributed by atoms with E-state index in [1.54, 1.807) is 16.7 Å². The van der Waals surface area contributed by atoms with Crippen molar-refractivity contribution in [2.24, 2.45) is 5.92 Å². The van der Waals surface area contributed by atoms with Crippen molar-refractivity contribution in [1.29, 1.82) is 0 Å². The molecule has 230 valence electrons. The zero-order chi connectivity index (χ0) is 30.5. The van der Waals surface area contributed by atoms with E-state index in [1.165, 1.54) is 29.5 Å². The molecule has 0 bridgehead atoms. The Morgan fingerprint density at radius 2 is 1.80 bits per heavy atom. The van der Waals surface area contributed by atoms with Crippen LogP contribution in [0.25, 0.3) is 11.1 Å². The number of nitrogens with one attached hydrogen (secondary N) is 1. The fraction of sp³-hybridized carbons (Fsp3) is 0.471. The van der Waals surface area contributed by atoms with Gasteiger partial charge in [-0.25, -0.2) is 13.8 Å². The van der Waals surface area contributed by atoms with Gasteiger partial charge < -0.3 is 14.8 Å². The molecule has 10 heteroatoms. The molecule has 2 saturated heterocycles. The van der Waals surface area contributed by atoms with E-state index in [9.17, 15) is 23.2 Å². The van der Waals surface area contributed by atoms with Crippen molar-refractivity contribution in [1.82, 2.24) is 19.4 Å². The molecule has 0 spiro atoms. The Balaban J connectivity index is 1.21. The summed E-state index contributed by atoms with van der Waals surface area (Å²) in [6.07, 6.45) is 6.93. The Bertz CT molecular complexity index is 1680. The highest BCUT2D eigenvalue weighted by molar-refractivity contribution is 6.04. The minimum atomic E-state index is -1.08. The number of carbonyl (C=O) groups is 2. The number of alkyl halides is 1. The van der Waals surface area contributed by atoms with Crippen LogP contribution in [0.2, 0.25) is 0 Å². The fourth-order valence-electron chi connectivity index (χ4n) is 6.47. The van der Waals surface area contributed by atoms with Gasteiger partial charge in [0.2, 0.25) is 0 Å². The standard InChI is InChI=1S/C34H37F2N5O3/c1-20-3-2-10-39(15-20)16-21-11-29(34(44)41(17-21)26-7-8-26)32(42)38-31-13-23(12-30(37-31)22-4-5-22)27-9-6-24(35)14-28(27)33(43)40-18-25(36)19-40/h6,9,11-14,17,20,22,25-26H,2-5,7-8,10,15-16,18-19H2,1H3,(H,37,38,42)/t20-/m0/s1. The first-order valence-electron chi connectivity index (χ1n) is 15.8. The molecule has 1 atom stereocenters. The van der Waals surface area contributed by atoms with E-state index in [-0.39, 0.29) is 47.6 Å². The van der Waals surface area contributed by atoms with E-state index in [4.69, 9.17) is 4.98 Å². The average molecular weight is 602 g/mol. The Kier molecular flexibility index (Phi) is 7.56. The zero-order valence-electron chi connectivity index (χ0n) is 24.9. The fourth-order valence-corrected chi connectivity index (χ4v) is 6.47. The summed E-state index contributed by atoms with van der Waals surface area (Å²) in [5.41, 5.74) is 2.67. The first-order valence-corrected chi connectivity index (χ1v) is 15.8. The van der Waals surface area contributed by atoms with Crippen LogP contribution in [0.5, 0.6) is 0 Å². The normalized spacial score (nSPS) is 20.8. The number of amides is 2. The van der Waals surface area contributed by atoms with E-state index in [0.29, 0.717) is 23.6 Å². The highest BCUT2D eigenvalue weighted by Crippen LogP contribution is 2.41. The quantitative estimate of drug-likeness (QED) is 0.367. The summed E-state index contributed by atoms with van der Waals surface area (Å²) in [6, 6.07) is 9.34. The molecule has 4 aliphatic rings. The molecule has 4 heterocycles. The number of hydrogen-bond donors (Lipinski definition) is 1. The number of piperidine rings is 1. The molecule has 7 rings (SSSR count). The van der Waals surface area contributed by atoms with Crippen LogP contribution in [0.15, 0.2) is 47.4 Å². The van der Waals surface area contributed by atoms with Gasteiger partial charge in [0.15, 0.2) is 0 Å². The molecule has 2 saturated carbocycles. The number of benzene rings is 1. The average Bonchev–Trinajstić information content (AvgIpc) is 3.90. The van der Waals surface area contributed by atoms with Gasteiger partial charge in [0.25, 0.3) is 17.4 Å². The van der Waals surface area contributed by atoms with Crippen molar-refractivity contribution >= 4 is 17.6 Å². The molecule has 2 aliphatic carbocycles. The lowest BCUT2D eigenvalue weighted by Crippen LogP contribution is -2.51. The van der Waals surface area contributed by atoms with Gasteiger partial charge in [-0.15, -0.1) is 0 Å². The third kappa shape index (κ3) is 6.04. The molecule has 2 aliphatic heterocycles. The maximum atomic E-state index is 14.3. The second-order valence-electron chi connectivity index (χ2n) is 13.1. The van der Waals surface area contributed by atoms with E-state index in [2.05, 4.69) is 17.1 Å². The van der Waals surface area contributed by atoms with Gasteiger partial charge in [-0.1, -0.05) is 13.0 Å². The molecular weight excluding hydrogens is 564 g/mol. The molecule has 4 fully saturated rings. The minimum Gasteiger partial charge on any atom is -0.333 e. The minimum absolute atomic E-state index is 0.0198. The van der Waals surface area contributed by atoms with Crippen molar-refractivity contribution < 1.29 is 18.4 Å². The van der Waals surface area contributed by atoms with Crippen LogP contribution in [0, 0.1) is 11.7 Å². The summed E-state index contributed by atoms with van der Waals surface area (Å²) in [4.78, 5) is 48.9. The van der Waals surface area contributed by atoms with Crippen LogP contribution in [0.4, 0.5) is 14.6 Å². The summed E-state index contributed by atoms with van der Waals surface area (Å²) < 4.78 is 29.6. The van der Waals surface area contributed by atoms with Crippen molar-refractivity contribution in [3.63, 3.8) is 0 Å². The molecule has 0 unspecified atom stereocenters. The van der Waals surface area contributed by atoms with Gasteiger partial charge in [0.1, 0.15) is 23.4 Å². The summed E-state index contributed by atoms with van der Waals surface area (Å²) in [5, 5.41) is 2.87. The number of rotatable bonds is 8. The molecule has 0 radical (unpaired) electrons. The third-order valence-electron chi connectivity index (χ3n) is 9.16. The Hall–Kier alpha value is -3.92. The van der Waals surface area contributed by atoms with Crippen LogP contribution >= 0.6 is 0 Å². The smallest absolute Gasteiger partial charge is 0.263 e. The van der Waals surface area contributed by atoms with Crippen LogP contribution < -0.4 is 10.9 Å². The Labute approximate surface area is 255 Å². The highest BCUT2D eigenvalue weighted by atomic mass is 19.1. The Morgan fingerprint density at radius 3 is 2.50 bits per heavy atom. The third-order valence-corrected chi connectivity index (χ3v) is 9.16. The number of anilines is 1. The lowest BCUT2D eigenvalue weighted by molar-refractivity contribution is 0.0400. The van der Waals surface area contributed by atoms with Crippen LogP contribution in [0.1, 0.15) is 89.4 Å². The van der Waals surface area contributed by atoms with E-state index < -0.39 is 23.8 Å². The molecule has 1 aromatic carbocycles. The number of nitrogens with zero attached hydrogens (tertiary/aromatic N) is 4. The Morgan fingerprint density at radius 1 is 1.00 bits per heavy atom. The van der Waals surface area contributed by atoms with Crippen molar-refractivity contribution in [2.45, 2.75) is 70.1 Å². The maximum absolute atomic E-state index is 14.3. The molecule has 8 nitrogen and oxygen atoms in total. The van der Waals surface area contributed by atoms with Crippen molar-refractivity contribution in [3.8, 4) is 11.1 Å². The molecule has 3 aromatic rings. The van der Waals surface area contributed by atoms with Gasteiger partial charge in [0.05, 0.1) is 18.7 Å². The van der Waals surface area contributed by atoms with Crippen LogP contribution in [-0.2, 0) is 6.54 Å². The SMILES string of the molecule is C[C@H]1CCCN(Cc2cc(C(=O)Nc3cc(-c4ccc(F)cc4C(=O)N4CC(F)C4)cc(C4CC4)n3)c(=O)n(C3CC3)c2)C1. The first-order chi connectivity index (χ1) is 21.2. The highest BCUT2D eigenvalue weighted by Gasteiger charge is 2.33. The number of aromatic nitrogens is 2. The molecular formula is C34H37F2N5O3. The van der Waals surface area contributed by atoms with Gasteiger partial charge in [-0.3, -0.25) is 19.3 Å². The number of carbonyl (C=O) groups excluding carboxylic acids is 2. The number of likely N-dealkylation sites (tertiary alicyclic amines) is 2. The largest absolute Gasteiger partial charge is 0.333 e. The van der Waals surface area contributed by atoms with E-state index >= 15 is 0 Å². The summed E-state index contributed by atoms with van der Waals surface area (Å²) in [5.74, 6) is -0.444. The van der Waals surface area contributed by atoms with Crippen molar-refractivity contribution in [3.05, 3.63) is 81.2 Å². The maximum Gasteiger partial charge on any atom is 0.263 e. The monoisotopic (exact) mass is 601 g/mol. The summed E-state index contributed by atoms with van der Waals surface area (Å²) in [7, 11) is 0. The molecule has 44 heavy (non-hydrogen) atoms. The lowest BCUT2D eigenvalue weighted by atomic mass is 9.97.